The Bertz CT molecular complexity index is 176. The molecule has 0 unspecified atom stereocenters. The van der Waals surface area contributed by atoms with E-state index in [4.69, 9.17) is 4.74 Å². The van der Waals surface area contributed by atoms with E-state index in [9.17, 15) is 4.79 Å². The molecule has 19 heavy (non-hydrogen) atoms. The monoisotopic (exact) mass is 395 g/mol. The number of thiol groups is 1. The van der Waals surface area contributed by atoms with Crippen molar-refractivity contribution < 1.29 is 9.53 Å². The predicted octanol–water partition coefficient (Wildman–Crippen LogP) is 4.58. The number of rotatable bonds is 11. The molecule has 0 aliphatic rings. The summed E-state index contributed by atoms with van der Waals surface area (Å²) in [7, 11) is 0. The van der Waals surface area contributed by atoms with Crippen LogP contribution in [0.25, 0.3) is 0 Å². The van der Waals surface area contributed by atoms with Crippen LogP contribution < -0.4 is 0 Å². The van der Waals surface area contributed by atoms with E-state index >= 15 is 0 Å². The molecule has 2 nitrogen and oxygen atoms in total. The quantitative estimate of drug-likeness (QED) is 0.240. The van der Waals surface area contributed by atoms with Gasteiger partial charge in [-0.3, -0.25) is 4.79 Å². The molecule has 113 valence electrons. The van der Waals surface area contributed by atoms with Crippen molar-refractivity contribution in [3.05, 3.63) is 0 Å². The molecular formula is C15H31O2SSn. The van der Waals surface area contributed by atoms with Crippen molar-refractivity contribution in [3.8, 4) is 0 Å². The third-order valence-corrected chi connectivity index (χ3v) is 3.84. The second kappa shape index (κ2) is 20.9. The number of carbonyl (C=O) groups excluding carboxylic acids is 1. The molecule has 0 heterocycles. The van der Waals surface area contributed by atoms with Crippen LogP contribution in [0.2, 0.25) is 4.44 Å². The molecule has 0 aromatic rings. The molecule has 0 bridgehead atoms. The molecule has 0 N–H and O–H groups in total. The first kappa shape index (κ1) is 21.9. The van der Waals surface area contributed by atoms with Crippen molar-refractivity contribution >= 4 is 41.1 Å². The second-order valence-electron chi connectivity index (χ2n) is 4.57. The SMILES string of the molecule is CCCCCCCCOC(=O)CCS.CCC[CH2][Sn]. The van der Waals surface area contributed by atoms with E-state index in [2.05, 4.69) is 26.5 Å². The first-order valence-electron chi connectivity index (χ1n) is 7.63. The van der Waals surface area contributed by atoms with Crippen LogP contribution in [0.4, 0.5) is 0 Å². The third kappa shape index (κ3) is 24.1. The summed E-state index contributed by atoms with van der Waals surface area (Å²) >= 11 is 5.65. The molecule has 0 atom stereocenters. The van der Waals surface area contributed by atoms with E-state index < -0.39 is 0 Å². The van der Waals surface area contributed by atoms with Gasteiger partial charge in [0.15, 0.2) is 0 Å². The van der Waals surface area contributed by atoms with E-state index in [1.165, 1.54) is 49.4 Å². The molecule has 3 radical (unpaired) electrons. The molecule has 0 rings (SSSR count). The van der Waals surface area contributed by atoms with Gasteiger partial charge in [-0.2, -0.15) is 12.6 Å². The molecule has 0 saturated heterocycles. The number of hydrogen-bond acceptors (Lipinski definition) is 3. The van der Waals surface area contributed by atoms with Crippen molar-refractivity contribution in [2.75, 3.05) is 12.4 Å². The number of ether oxygens (including phenoxy) is 1. The van der Waals surface area contributed by atoms with Crippen LogP contribution in [-0.2, 0) is 9.53 Å². The van der Waals surface area contributed by atoms with Crippen molar-refractivity contribution in [2.24, 2.45) is 0 Å². The van der Waals surface area contributed by atoms with Gasteiger partial charge in [0.25, 0.3) is 0 Å². The molecular weight excluding hydrogens is 363 g/mol. The Labute approximate surface area is 138 Å². The minimum absolute atomic E-state index is 0.117. The number of esters is 1. The molecule has 4 heteroatoms. The fourth-order valence-electron chi connectivity index (χ4n) is 1.41. The molecule has 0 aromatic heterocycles. The van der Waals surface area contributed by atoms with Gasteiger partial charge in [-0.15, -0.1) is 0 Å². The summed E-state index contributed by atoms with van der Waals surface area (Å²) in [5, 5.41) is 0. The van der Waals surface area contributed by atoms with Crippen LogP contribution in [0, 0.1) is 0 Å². The first-order valence-corrected chi connectivity index (χ1v) is 10.3. The van der Waals surface area contributed by atoms with Gasteiger partial charge in [0.1, 0.15) is 0 Å². The molecule has 0 aliphatic carbocycles. The predicted molar refractivity (Wildman–Crippen MR) is 88.3 cm³/mol. The van der Waals surface area contributed by atoms with Crippen LogP contribution in [0.1, 0.15) is 71.6 Å². The minimum atomic E-state index is -0.117. The average molecular weight is 394 g/mol. The van der Waals surface area contributed by atoms with Crippen molar-refractivity contribution in [1.29, 1.82) is 0 Å². The van der Waals surface area contributed by atoms with Gasteiger partial charge in [-0.05, 0) is 6.42 Å². The van der Waals surface area contributed by atoms with Gasteiger partial charge in [-0.25, -0.2) is 0 Å². The van der Waals surface area contributed by atoms with Crippen molar-refractivity contribution in [2.45, 2.75) is 76.1 Å². The molecule has 0 spiro atoms. The number of unbranched alkanes of at least 4 members (excludes halogenated alkanes) is 6. The van der Waals surface area contributed by atoms with E-state index in [1.54, 1.807) is 22.5 Å². The van der Waals surface area contributed by atoms with Crippen LogP contribution >= 0.6 is 12.6 Å². The van der Waals surface area contributed by atoms with Crippen LogP contribution in [0.5, 0.6) is 0 Å². The van der Waals surface area contributed by atoms with Gasteiger partial charge < -0.3 is 4.74 Å². The Hall–Kier alpha value is 0.619. The number of hydrogen-bond donors (Lipinski definition) is 1. The van der Waals surface area contributed by atoms with Crippen LogP contribution in [0.3, 0.4) is 0 Å². The average Bonchev–Trinajstić information content (AvgIpc) is 2.40. The first-order chi connectivity index (χ1) is 9.22. The van der Waals surface area contributed by atoms with Crippen molar-refractivity contribution in [3.63, 3.8) is 0 Å². The standard InChI is InChI=1S/C11H22O2S.C4H9.Sn/c1-2-3-4-5-6-7-9-13-11(12)8-10-14;1-3-4-2;/h14H,2-10H2,1H3;1,3-4H2,2H3;. The van der Waals surface area contributed by atoms with Gasteiger partial charge in [-0.1, -0.05) is 39.0 Å². The summed E-state index contributed by atoms with van der Waals surface area (Å²) in [6, 6.07) is 0. The van der Waals surface area contributed by atoms with E-state index in [-0.39, 0.29) is 5.97 Å². The molecule has 0 aromatic carbocycles. The molecule has 0 aliphatic heterocycles. The Morgan fingerprint density at radius 1 is 1.00 bits per heavy atom. The molecule has 0 saturated carbocycles. The van der Waals surface area contributed by atoms with Crippen LogP contribution in [0.15, 0.2) is 0 Å². The van der Waals surface area contributed by atoms with Gasteiger partial charge in [0.2, 0.25) is 0 Å². The third-order valence-electron chi connectivity index (χ3n) is 2.61. The second-order valence-corrected chi connectivity index (χ2v) is 6.44. The Morgan fingerprint density at radius 3 is 2.05 bits per heavy atom. The van der Waals surface area contributed by atoms with E-state index in [0.29, 0.717) is 18.8 Å². The van der Waals surface area contributed by atoms with Gasteiger partial charge in [0, 0.05) is 5.75 Å². The molecule has 0 amide bonds. The zero-order chi connectivity index (χ0) is 14.8. The summed E-state index contributed by atoms with van der Waals surface area (Å²) < 4.78 is 6.43. The Morgan fingerprint density at radius 2 is 1.58 bits per heavy atom. The summed E-state index contributed by atoms with van der Waals surface area (Å²) in [6.45, 7) is 5.02. The van der Waals surface area contributed by atoms with Crippen LogP contribution in [-0.4, -0.2) is 40.9 Å². The fourth-order valence-corrected chi connectivity index (χ4v) is 2.60. The zero-order valence-corrected chi connectivity index (χ0v) is 16.5. The summed E-state index contributed by atoms with van der Waals surface area (Å²) in [5.41, 5.74) is 0. The summed E-state index contributed by atoms with van der Waals surface area (Å²) in [4.78, 5) is 10.9. The topological polar surface area (TPSA) is 26.3 Å². The van der Waals surface area contributed by atoms with Crippen molar-refractivity contribution in [1.82, 2.24) is 0 Å². The van der Waals surface area contributed by atoms with Gasteiger partial charge >= 0.3 is 52.7 Å². The fraction of sp³-hybridized carbons (Fsp3) is 0.933. The zero-order valence-electron chi connectivity index (χ0n) is 12.7. The maximum atomic E-state index is 10.9. The maximum absolute atomic E-state index is 10.9. The van der Waals surface area contributed by atoms with E-state index in [1.807, 2.05) is 0 Å². The van der Waals surface area contributed by atoms with Gasteiger partial charge in [0.05, 0.1) is 13.0 Å². The summed E-state index contributed by atoms with van der Waals surface area (Å²) in [6.07, 6.45) is 10.6. The molecule has 0 fully saturated rings. The number of carbonyl (C=O) groups is 1. The Balaban J connectivity index is 0. The summed E-state index contributed by atoms with van der Waals surface area (Å²) in [5.74, 6) is 0.462. The van der Waals surface area contributed by atoms with E-state index in [0.717, 1.165) is 6.42 Å². The normalized spacial score (nSPS) is 9.68. The Kier molecular flexibility index (Phi) is 24.1.